The molecular weight excluding hydrogens is 422 g/mol. The maximum Gasteiger partial charge on any atom is 1.00 e. The van der Waals surface area contributed by atoms with Crippen molar-refractivity contribution in [3.63, 3.8) is 0 Å². The normalized spacial score (nSPS) is 11.3. The maximum absolute atomic E-state index is 10.2. The van der Waals surface area contributed by atoms with Crippen molar-refractivity contribution in [2.75, 3.05) is 6.61 Å². The van der Waals surface area contributed by atoms with E-state index >= 15 is 0 Å². The van der Waals surface area contributed by atoms with Crippen LogP contribution in [-0.4, -0.2) is 41.9 Å². The first-order chi connectivity index (χ1) is 12.7. The maximum atomic E-state index is 10.2. The van der Waals surface area contributed by atoms with Crippen LogP contribution in [0.1, 0.15) is 90.4 Å². The van der Waals surface area contributed by atoms with E-state index < -0.39 is 33.7 Å². The standard InChI is InChI=1S/C14H30O.C4H6O7S.2Na/c1-2-3-4-5-6-7-8-9-10-11-12-13-14-15;5-3(6)1-2(4(7)8)12(9,10)11;;/h15H,2-14H2,1H3;2H,1H2,(H,5,6)(H,7,8)(H,9,10,11);;/q;;2*+1/p-2. The molecule has 0 aliphatic rings. The van der Waals surface area contributed by atoms with Crippen LogP contribution in [0, 0.1) is 0 Å². The molecule has 0 radical (unpaired) electrons. The molecule has 0 saturated heterocycles. The molecule has 1 atom stereocenters. The fourth-order valence-corrected chi connectivity index (χ4v) is 3.00. The molecule has 8 nitrogen and oxygen atoms in total. The molecule has 0 aliphatic heterocycles. The quantitative estimate of drug-likeness (QED) is 0.133. The Labute approximate surface area is 219 Å². The number of hydrogen-bond acceptors (Lipinski definition) is 7. The summed E-state index contributed by atoms with van der Waals surface area (Å²) in [4.78, 5) is 19.7. The Hall–Kier alpha value is 0.810. The molecule has 0 spiro atoms. The number of carbonyl (C=O) groups excluding carboxylic acids is 2. The Morgan fingerprint density at radius 3 is 1.34 bits per heavy atom. The van der Waals surface area contributed by atoms with Gasteiger partial charge in [-0.3, -0.25) is 4.55 Å². The van der Waals surface area contributed by atoms with E-state index in [-0.39, 0.29) is 59.1 Å². The number of rotatable bonds is 16. The zero-order valence-electron chi connectivity index (χ0n) is 18.2. The van der Waals surface area contributed by atoms with Gasteiger partial charge in [0.25, 0.3) is 10.1 Å². The Morgan fingerprint density at radius 1 is 0.793 bits per heavy atom. The van der Waals surface area contributed by atoms with Gasteiger partial charge in [-0.25, -0.2) is 0 Å². The van der Waals surface area contributed by atoms with Crippen molar-refractivity contribution in [3.05, 3.63) is 0 Å². The fourth-order valence-electron chi connectivity index (χ4n) is 2.41. The summed E-state index contributed by atoms with van der Waals surface area (Å²) in [6, 6.07) is 0. The van der Waals surface area contributed by atoms with Gasteiger partial charge in [0.05, 0.1) is 5.97 Å². The van der Waals surface area contributed by atoms with Crippen molar-refractivity contribution in [3.8, 4) is 0 Å². The van der Waals surface area contributed by atoms with Gasteiger partial charge in [0.1, 0.15) is 5.25 Å². The number of carboxylic acid groups (broad SMARTS) is 2. The third kappa shape index (κ3) is 28.8. The number of unbranched alkanes of at least 4 members (excludes halogenated alkanes) is 11. The molecule has 0 saturated carbocycles. The van der Waals surface area contributed by atoms with Crippen LogP contribution in [0.25, 0.3) is 0 Å². The van der Waals surface area contributed by atoms with Gasteiger partial charge >= 0.3 is 59.1 Å². The van der Waals surface area contributed by atoms with E-state index in [1.807, 2.05) is 0 Å². The second-order valence-electron chi connectivity index (χ2n) is 6.51. The van der Waals surface area contributed by atoms with Crippen molar-refractivity contribution < 1.29 is 97.0 Å². The molecule has 0 aliphatic carbocycles. The topological polar surface area (TPSA) is 155 Å². The predicted octanol–water partition coefficient (Wildman–Crippen LogP) is -5.18. The van der Waals surface area contributed by atoms with Gasteiger partial charge in [-0.05, 0) is 6.42 Å². The van der Waals surface area contributed by atoms with Crippen LogP contribution in [0.3, 0.4) is 0 Å². The minimum Gasteiger partial charge on any atom is -0.550 e. The monoisotopic (exact) mass is 456 g/mol. The summed E-state index contributed by atoms with van der Waals surface area (Å²) in [6.45, 7) is 2.64. The summed E-state index contributed by atoms with van der Waals surface area (Å²) in [6.07, 6.45) is 14.9. The molecule has 0 aromatic rings. The van der Waals surface area contributed by atoms with Crippen LogP contribution in [0.2, 0.25) is 0 Å². The van der Waals surface area contributed by atoms with Gasteiger partial charge in [0, 0.05) is 19.0 Å². The van der Waals surface area contributed by atoms with Crippen LogP contribution in [0.15, 0.2) is 0 Å². The first kappa shape index (κ1) is 37.1. The molecule has 0 aromatic carbocycles. The third-order valence-electron chi connectivity index (χ3n) is 3.99. The summed E-state index contributed by atoms with van der Waals surface area (Å²) in [5, 5.41) is 25.9. The van der Waals surface area contributed by atoms with Crippen LogP contribution in [0.5, 0.6) is 0 Å². The first-order valence-electron chi connectivity index (χ1n) is 9.64. The molecule has 1 unspecified atom stereocenters. The van der Waals surface area contributed by atoms with Crippen LogP contribution < -0.4 is 69.3 Å². The smallest absolute Gasteiger partial charge is 0.550 e. The molecule has 162 valence electrons. The molecule has 0 rings (SSSR count). The summed E-state index contributed by atoms with van der Waals surface area (Å²) in [5.74, 6) is -4.08. The zero-order chi connectivity index (χ0) is 21.1. The molecule has 29 heavy (non-hydrogen) atoms. The van der Waals surface area contributed by atoms with E-state index in [4.69, 9.17) is 9.66 Å². The van der Waals surface area contributed by atoms with E-state index in [9.17, 15) is 28.2 Å². The van der Waals surface area contributed by atoms with Gasteiger partial charge < -0.3 is 24.9 Å². The van der Waals surface area contributed by atoms with E-state index in [1.165, 1.54) is 70.6 Å². The fraction of sp³-hybridized carbons (Fsp3) is 0.889. The van der Waals surface area contributed by atoms with Gasteiger partial charge in [0.2, 0.25) is 0 Å². The first-order valence-corrected chi connectivity index (χ1v) is 11.1. The van der Waals surface area contributed by atoms with E-state index in [0.29, 0.717) is 6.61 Å². The molecule has 0 amide bonds. The van der Waals surface area contributed by atoms with Crippen molar-refractivity contribution in [1.29, 1.82) is 0 Å². The van der Waals surface area contributed by atoms with E-state index in [1.54, 1.807) is 0 Å². The van der Waals surface area contributed by atoms with Crippen LogP contribution >= 0.6 is 0 Å². The number of aliphatic carboxylic acids is 2. The summed E-state index contributed by atoms with van der Waals surface area (Å²) < 4.78 is 28.5. The van der Waals surface area contributed by atoms with Gasteiger partial charge in [0.15, 0.2) is 0 Å². The van der Waals surface area contributed by atoms with Gasteiger partial charge in [-0.1, -0.05) is 77.6 Å². The second kappa shape index (κ2) is 25.1. The molecule has 0 heterocycles. The summed E-state index contributed by atoms with van der Waals surface area (Å²) >= 11 is 0. The third-order valence-corrected chi connectivity index (χ3v) is 5.06. The van der Waals surface area contributed by atoms with Crippen LogP contribution in [-0.2, 0) is 19.7 Å². The van der Waals surface area contributed by atoms with Gasteiger partial charge in [-0.15, -0.1) is 0 Å². The van der Waals surface area contributed by atoms with E-state index in [0.717, 1.165) is 6.42 Å². The van der Waals surface area contributed by atoms with Crippen molar-refractivity contribution in [1.82, 2.24) is 0 Å². The van der Waals surface area contributed by atoms with Crippen molar-refractivity contribution in [2.45, 2.75) is 95.6 Å². The molecule has 11 heteroatoms. The Balaban J connectivity index is -0.000000206. The average molecular weight is 457 g/mol. The zero-order valence-corrected chi connectivity index (χ0v) is 23.0. The molecule has 2 N–H and O–H groups in total. The molecule has 0 bridgehead atoms. The Morgan fingerprint density at radius 2 is 1.14 bits per heavy atom. The SMILES string of the molecule is CCCCCCCCCCCCCCO.O=C([O-])CC(C(=O)[O-])S(=O)(=O)O.[Na+].[Na+]. The second-order valence-corrected chi connectivity index (χ2v) is 8.11. The molecule has 0 fully saturated rings. The molecule has 0 aromatic heterocycles. The van der Waals surface area contributed by atoms with Gasteiger partial charge in [-0.2, -0.15) is 8.42 Å². The Kier molecular flexibility index (Phi) is 32.1. The van der Waals surface area contributed by atoms with E-state index in [2.05, 4.69) is 6.92 Å². The van der Waals surface area contributed by atoms with Crippen molar-refractivity contribution in [2.24, 2.45) is 0 Å². The predicted molar refractivity (Wildman–Crippen MR) is 98.1 cm³/mol. The minimum absolute atomic E-state index is 0. The average Bonchev–Trinajstić information content (AvgIpc) is 2.57. The number of aliphatic hydroxyl groups excluding tert-OH is 1. The number of aliphatic hydroxyl groups is 1. The largest absolute Gasteiger partial charge is 1.00 e. The summed E-state index contributed by atoms with van der Waals surface area (Å²) in [7, 11) is -4.94. The number of carbonyl (C=O) groups is 2. The minimum atomic E-state index is -4.94. The van der Waals surface area contributed by atoms with Crippen LogP contribution in [0.4, 0.5) is 0 Å². The molecular formula is C18H34Na2O8S. The van der Waals surface area contributed by atoms with Crippen molar-refractivity contribution >= 4 is 22.1 Å². The Bertz CT molecular complexity index is 474. The number of carboxylic acids is 2. The number of hydrogen-bond donors (Lipinski definition) is 2. The summed E-state index contributed by atoms with van der Waals surface area (Å²) in [5.41, 5.74) is 0.